The van der Waals surface area contributed by atoms with Crippen molar-refractivity contribution < 1.29 is 4.79 Å². The number of anilines is 1. The topological polar surface area (TPSA) is 65.8 Å². The van der Waals surface area contributed by atoms with Crippen LogP contribution < -0.4 is 5.32 Å². The van der Waals surface area contributed by atoms with Gasteiger partial charge in [0.25, 0.3) is 5.91 Å². The van der Waals surface area contributed by atoms with Crippen molar-refractivity contribution in [1.82, 2.24) is 4.98 Å². The zero-order valence-corrected chi connectivity index (χ0v) is 16.3. The summed E-state index contributed by atoms with van der Waals surface area (Å²) in [5.74, 6) is -0.484. The first-order valence-corrected chi connectivity index (χ1v) is 9.86. The Hall–Kier alpha value is -2.17. The van der Waals surface area contributed by atoms with Crippen LogP contribution in [0.5, 0.6) is 0 Å². The summed E-state index contributed by atoms with van der Waals surface area (Å²) in [6.45, 7) is 0. The molecule has 4 nitrogen and oxygen atoms in total. The third-order valence-corrected chi connectivity index (χ3v) is 5.96. The van der Waals surface area contributed by atoms with Gasteiger partial charge in [0.1, 0.15) is 11.6 Å². The molecular formula is C18H11Cl2N3OS2. The molecule has 0 aliphatic heterocycles. The van der Waals surface area contributed by atoms with Gasteiger partial charge in [-0.2, -0.15) is 5.26 Å². The number of amides is 1. The van der Waals surface area contributed by atoms with Gasteiger partial charge < -0.3 is 0 Å². The van der Waals surface area contributed by atoms with Gasteiger partial charge in [0.05, 0.1) is 10.0 Å². The van der Waals surface area contributed by atoms with Gasteiger partial charge in [-0.25, -0.2) is 4.98 Å². The number of benzene rings is 1. The third-order valence-electron chi connectivity index (χ3n) is 3.37. The molecule has 1 aromatic carbocycles. The quantitative estimate of drug-likeness (QED) is 0.429. The zero-order chi connectivity index (χ0) is 18.5. The van der Waals surface area contributed by atoms with Gasteiger partial charge in [-0.3, -0.25) is 10.1 Å². The predicted molar refractivity (Wildman–Crippen MR) is 108 cm³/mol. The van der Waals surface area contributed by atoms with E-state index in [1.165, 1.54) is 22.7 Å². The van der Waals surface area contributed by atoms with Crippen LogP contribution in [0.15, 0.2) is 47.5 Å². The number of rotatable bonds is 5. The standard InChI is InChI=1S/C18H11Cl2N3OS2/c19-15-5-1-3-11(16(15)20)7-14-10-22-18(26-14)23-17(24)12(9-21)8-13-4-2-6-25-13/h1-6,8,10H,7H2,(H,22,23,24). The van der Waals surface area contributed by atoms with Gasteiger partial charge in [-0.15, -0.1) is 22.7 Å². The second kappa shape index (κ2) is 8.47. The molecule has 0 saturated heterocycles. The van der Waals surface area contributed by atoms with Crippen molar-refractivity contribution in [3.05, 3.63) is 72.8 Å². The molecule has 8 heteroatoms. The summed E-state index contributed by atoms with van der Waals surface area (Å²) in [5, 5.41) is 15.2. The molecule has 0 atom stereocenters. The normalized spacial score (nSPS) is 11.2. The maximum atomic E-state index is 12.3. The molecule has 0 spiro atoms. The number of nitriles is 1. The zero-order valence-electron chi connectivity index (χ0n) is 13.2. The minimum atomic E-state index is -0.484. The molecule has 0 saturated carbocycles. The predicted octanol–water partition coefficient (Wildman–Crippen LogP) is 5.65. The molecule has 26 heavy (non-hydrogen) atoms. The summed E-state index contributed by atoms with van der Waals surface area (Å²) in [6, 6.07) is 11.1. The number of aromatic nitrogens is 1. The van der Waals surface area contributed by atoms with Crippen LogP contribution in [-0.4, -0.2) is 10.9 Å². The first kappa shape index (κ1) is 18.6. The van der Waals surface area contributed by atoms with Crippen LogP contribution >= 0.6 is 45.9 Å². The molecule has 1 N–H and O–H groups in total. The molecule has 0 fully saturated rings. The first-order valence-electron chi connectivity index (χ1n) is 7.41. The fourth-order valence-electron chi connectivity index (χ4n) is 2.15. The minimum Gasteiger partial charge on any atom is -0.297 e. The van der Waals surface area contributed by atoms with E-state index in [2.05, 4.69) is 10.3 Å². The van der Waals surface area contributed by atoms with E-state index in [1.54, 1.807) is 18.3 Å². The lowest BCUT2D eigenvalue weighted by atomic mass is 10.1. The summed E-state index contributed by atoms with van der Waals surface area (Å²) >= 11 is 15.0. The van der Waals surface area contributed by atoms with Crippen LogP contribution in [-0.2, 0) is 11.2 Å². The number of thiophene rings is 1. The molecule has 1 amide bonds. The highest BCUT2D eigenvalue weighted by Gasteiger charge is 2.13. The van der Waals surface area contributed by atoms with E-state index in [0.29, 0.717) is 21.6 Å². The fourth-order valence-corrected chi connectivity index (χ4v) is 4.02. The van der Waals surface area contributed by atoms with Crippen molar-refractivity contribution in [2.75, 3.05) is 5.32 Å². The number of carbonyl (C=O) groups excluding carboxylic acids is 1. The van der Waals surface area contributed by atoms with Crippen LogP contribution in [0, 0.1) is 11.3 Å². The number of nitrogens with zero attached hydrogens (tertiary/aromatic N) is 2. The van der Waals surface area contributed by atoms with Gasteiger partial charge in [0, 0.05) is 22.4 Å². The molecule has 3 rings (SSSR count). The van der Waals surface area contributed by atoms with E-state index in [4.69, 9.17) is 23.2 Å². The van der Waals surface area contributed by atoms with E-state index in [9.17, 15) is 10.1 Å². The van der Waals surface area contributed by atoms with Gasteiger partial charge in [-0.05, 0) is 29.2 Å². The molecule has 3 aromatic rings. The molecule has 2 aromatic heterocycles. The Morgan fingerprint density at radius 2 is 2.15 bits per heavy atom. The highest BCUT2D eigenvalue weighted by Crippen LogP contribution is 2.29. The molecule has 0 bridgehead atoms. The van der Waals surface area contributed by atoms with Crippen LogP contribution in [0.1, 0.15) is 15.3 Å². The van der Waals surface area contributed by atoms with Crippen LogP contribution in [0.4, 0.5) is 5.13 Å². The lowest BCUT2D eigenvalue weighted by Crippen LogP contribution is -2.13. The summed E-state index contributed by atoms with van der Waals surface area (Å²) in [7, 11) is 0. The second-order valence-electron chi connectivity index (χ2n) is 5.16. The van der Waals surface area contributed by atoms with E-state index in [0.717, 1.165) is 15.3 Å². The summed E-state index contributed by atoms with van der Waals surface area (Å²) in [4.78, 5) is 18.2. The van der Waals surface area contributed by atoms with Crippen molar-refractivity contribution >= 4 is 63.0 Å². The first-order chi connectivity index (χ1) is 12.6. The molecule has 0 aliphatic carbocycles. The molecule has 2 heterocycles. The maximum Gasteiger partial charge on any atom is 0.268 e. The van der Waals surface area contributed by atoms with Gasteiger partial charge in [0.15, 0.2) is 5.13 Å². The average molecular weight is 420 g/mol. The summed E-state index contributed by atoms with van der Waals surface area (Å²) < 4.78 is 0. The average Bonchev–Trinajstić information content (AvgIpc) is 3.29. The largest absolute Gasteiger partial charge is 0.297 e. The number of halogens is 2. The van der Waals surface area contributed by atoms with E-state index in [-0.39, 0.29) is 5.57 Å². The lowest BCUT2D eigenvalue weighted by Gasteiger charge is -2.03. The number of thiazole rings is 1. The number of hydrogen-bond donors (Lipinski definition) is 1. The molecular weight excluding hydrogens is 409 g/mol. The molecule has 130 valence electrons. The van der Waals surface area contributed by atoms with Crippen molar-refractivity contribution in [3.63, 3.8) is 0 Å². The van der Waals surface area contributed by atoms with E-state index in [1.807, 2.05) is 35.7 Å². The fraction of sp³-hybridized carbons (Fsp3) is 0.0556. The van der Waals surface area contributed by atoms with Crippen LogP contribution in [0.25, 0.3) is 6.08 Å². The Morgan fingerprint density at radius 1 is 1.31 bits per heavy atom. The van der Waals surface area contributed by atoms with Crippen LogP contribution in [0.2, 0.25) is 10.0 Å². The van der Waals surface area contributed by atoms with E-state index >= 15 is 0 Å². The summed E-state index contributed by atoms with van der Waals surface area (Å²) in [6.07, 6.45) is 3.79. The Morgan fingerprint density at radius 3 is 2.88 bits per heavy atom. The molecule has 0 radical (unpaired) electrons. The van der Waals surface area contributed by atoms with Gasteiger partial charge in [-0.1, -0.05) is 41.4 Å². The van der Waals surface area contributed by atoms with Crippen LogP contribution in [0.3, 0.4) is 0 Å². The van der Waals surface area contributed by atoms with Crippen molar-refractivity contribution in [2.45, 2.75) is 6.42 Å². The Balaban J connectivity index is 1.71. The summed E-state index contributed by atoms with van der Waals surface area (Å²) in [5.41, 5.74) is 0.915. The number of carbonyl (C=O) groups is 1. The van der Waals surface area contributed by atoms with Gasteiger partial charge in [0.2, 0.25) is 0 Å². The van der Waals surface area contributed by atoms with Crippen molar-refractivity contribution in [1.29, 1.82) is 5.26 Å². The van der Waals surface area contributed by atoms with E-state index < -0.39 is 5.91 Å². The van der Waals surface area contributed by atoms with Gasteiger partial charge >= 0.3 is 0 Å². The highest BCUT2D eigenvalue weighted by atomic mass is 35.5. The SMILES string of the molecule is N#CC(=Cc1cccs1)C(=O)Nc1ncc(Cc2cccc(Cl)c2Cl)s1. The number of hydrogen-bond acceptors (Lipinski definition) is 5. The number of nitrogens with one attached hydrogen (secondary N) is 1. The smallest absolute Gasteiger partial charge is 0.268 e. The Labute approximate surface area is 168 Å². The molecule has 0 aliphatic rings. The Kier molecular flexibility index (Phi) is 6.07. The Bertz CT molecular complexity index is 1000. The third kappa shape index (κ3) is 4.51. The van der Waals surface area contributed by atoms with Crippen molar-refractivity contribution in [2.24, 2.45) is 0 Å². The molecule has 0 unspecified atom stereocenters. The monoisotopic (exact) mass is 419 g/mol. The van der Waals surface area contributed by atoms with Crippen molar-refractivity contribution in [3.8, 4) is 6.07 Å². The highest BCUT2D eigenvalue weighted by molar-refractivity contribution is 7.15. The minimum absolute atomic E-state index is 0.0297. The lowest BCUT2D eigenvalue weighted by molar-refractivity contribution is -0.112. The second-order valence-corrected chi connectivity index (χ2v) is 8.04. The maximum absolute atomic E-state index is 12.3.